The summed E-state index contributed by atoms with van der Waals surface area (Å²) in [6.07, 6.45) is 2.23. The van der Waals surface area contributed by atoms with Crippen LogP contribution < -0.4 is 5.32 Å². The fourth-order valence-electron chi connectivity index (χ4n) is 2.06. The Bertz CT molecular complexity index is 405. The Labute approximate surface area is 102 Å². The van der Waals surface area contributed by atoms with E-state index in [-0.39, 0.29) is 6.03 Å². The number of anilines is 1. The average Bonchev–Trinajstić information content (AvgIpc) is 2.29. The number of hydrogen-bond acceptors (Lipinski definition) is 2. The van der Waals surface area contributed by atoms with Crippen LogP contribution in [0.3, 0.4) is 0 Å². The predicted octanol–water partition coefficient (Wildman–Crippen LogP) is 2.47. The smallest absolute Gasteiger partial charge is 0.307 e. The molecule has 0 atom stereocenters. The van der Waals surface area contributed by atoms with Gasteiger partial charge in [0, 0.05) is 25.8 Å². The molecule has 1 aliphatic heterocycles. The molecule has 0 aliphatic carbocycles. The van der Waals surface area contributed by atoms with E-state index in [9.17, 15) is 4.79 Å². The Balaban J connectivity index is 2.01. The summed E-state index contributed by atoms with van der Waals surface area (Å²) in [5.41, 5.74) is 2.00. The van der Waals surface area contributed by atoms with Crippen molar-refractivity contribution >= 4 is 11.7 Å². The molecular weight excluding hydrogens is 214 g/mol. The molecule has 0 spiro atoms. The number of aryl methyl sites for hydroxylation is 1. The fourth-order valence-corrected chi connectivity index (χ4v) is 2.06. The van der Waals surface area contributed by atoms with Gasteiger partial charge in [-0.25, -0.2) is 9.80 Å². The van der Waals surface area contributed by atoms with Gasteiger partial charge >= 0.3 is 6.03 Å². The monoisotopic (exact) mass is 233 g/mol. The number of urea groups is 1. The summed E-state index contributed by atoms with van der Waals surface area (Å²) in [6, 6.07) is 7.81. The number of benzene rings is 1. The van der Waals surface area contributed by atoms with Crippen molar-refractivity contribution in [2.75, 3.05) is 25.5 Å². The van der Waals surface area contributed by atoms with Crippen LogP contribution in [0.4, 0.5) is 10.5 Å². The molecule has 1 heterocycles. The Morgan fingerprint density at radius 2 is 2.06 bits per heavy atom. The number of hydrazine groups is 1. The zero-order valence-electron chi connectivity index (χ0n) is 10.4. The summed E-state index contributed by atoms with van der Waals surface area (Å²) in [5.74, 6) is 0. The largest absolute Gasteiger partial charge is 0.336 e. The van der Waals surface area contributed by atoms with E-state index in [1.165, 1.54) is 0 Å². The summed E-state index contributed by atoms with van der Waals surface area (Å²) in [4.78, 5) is 12.1. The highest BCUT2D eigenvalue weighted by Gasteiger charge is 2.21. The third-order valence-electron chi connectivity index (χ3n) is 3.02. The summed E-state index contributed by atoms with van der Waals surface area (Å²) in [6.45, 7) is 3.76. The zero-order valence-corrected chi connectivity index (χ0v) is 10.4. The van der Waals surface area contributed by atoms with E-state index in [4.69, 9.17) is 0 Å². The highest BCUT2D eigenvalue weighted by atomic mass is 16.2. The van der Waals surface area contributed by atoms with Gasteiger partial charge in [0.15, 0.2) is 0 Å². The van der Waals surface area contributed by atoms with E-state index in [1.54, 1.807) is 5.01 Å². The van der Waals surface area contributed by atoms with Crippen LogP contribution in [0, 0.1) is 6.92 Å². The van der Waals surface area contributed by atoms with E-state index in [1.807, 2.05) is 43.2 Å². The molecule has 1 N–H and O–H groups in total. The molecule has 92 valence electrons. The maximum absolute atomic E-state index is 12.1. The number of nitrogens with zero attached hydrogens (tertiary/aromatic N) is 2. The molecule has 0 unspecified atom stereocenters. The van der Waals surface area contributed by atoms with E-state index in [2.05, 4.69) is 5.32 Å². The average molecular weight is 233 g/mol. The lowest BCUT2D eigenvalue weighted by molar-refractivity contribution is 0.0191. The molecule has 0 radical (unpaired) electrons. The van der Waals surface area contributed by atoms with Gasteiger partial charge in [-0.05, 0) is 37.5 Å². The minimum Gasteiger partial charge on any atom is -0.307 e. The molecule has 1 aliphatic rings. The van der Waals surface area contributed by atoms with Crippen molar-refractivity contribution in [1.29, 1.82) is 0 Å². The van der Waals surface area contributed by atoms with Crippen LogP contribution in [0.5, 0.6) is 0 Å². The SMILES string of the molecule is Cc1cccc(NC(=O)N2CCCCN2C)c1. The van der Waals surface area contributed by atoms with Crippen molar-refractivity contribution in [2.45, 2.75) is 19.8 Å². The van der Waals surface area contributed by atoms with Crippen molar-refractivity contribution in [3.05, 3.63) is 29.8 Å². The molecule has 1 aromatic carbocycles. The molecular formula is C13H19N3O. The van der Waals surface area contributed by atoms with Gasteiger partial charge in [-0.1, -0.05) is 12.1 Å². The van der Waals surface area contributed by atoms with Crippen LogP contribution in [0.25, 0.3) is 0 Å². The van der Waals surface area contributed by atoms with Gasteiger partial charge in [-0.15, -0.1) is 0 Å². The number of hydrogen-bond donors (Lipinski definition) is 1. The van der Waals surface area contributed by atoms with Gasteiger partial charge in [0.25, 0.3) is 0 Å². The Morgan fingerprint density at radius 1 is 1.29 bits per heavy atom. The van der Waals surface area contributed by atoms with Crippen molar-refractivity contribution < 1.29 is 4.79 Å². The fraction of sp³-hybridized carbons (Fsp3) is 0.462. The normalized spacial score (nSPS) is 16.9. The Hall–Kier alpha value is -1.55. The second-order valence-electron chi connectivity index (χ2n) is 4.51. The molecule has 0 aromatic heterocycles. The maximum atomic E-state index is 12.1. The first-order chi connectivity index (χ1) is 8.16. The highest BCUT2D eigenvalue weighted by molar-refractivity contribution is 5.89. The third kappa shape index (κ3) is 2.97. The number of carbonyl (C=O) groups excluding carboxylic acids is 1. The van der Waals surface area contributed by atoms with Crippen LogP contribution in [-0.2, 0) is 0 Å². The van der Waals surface area contributed by atoms with Gasteiger partial charge in [0.2, 0.25) is 0 Å². The lowest BCUT2D eigenvalue weighted by Gasteiger charge is -2.35. The maximum Gasteiger partial charge on any atom is 0.336 e. The first-order valence-corrected chi connectivity index (χ1v) is 6.03. The van der Waals surface area contributed by atoms with Crippen molar-refractivity contribution in [1.82, 2.24) is 10.0 Å². The molecule has 17 heavy (non-hydrogen) atoms. The molecule has 1 aromatic rings. The molecule has 0 saturated carbocycles. The van der Waals surface area contributed by atoms with E-state index >= 15 is 0 Å². The van der Waals surface area contributed by atoms with E-state index < -0.39 is 0 Å². The Morgan fingerprint density at radius 3 is 2.76 bits per heavy atom. The number of rotatable bonds is 1. The third-order valence-corrected chi connectivity index (χ3v) is 3.02. The van der Waals surface area contributed by atoms with Gasteiger partial charge in [-0.3, -0.25) is 5.01 Å². The van der Waals surface area contributed by atoms with Crippen LogP contribution in [0.15, 0.2) is 24.3 Å². The molecule has 2 amide bonds. The lowest BCUT2D eigenvalue weighted by Crippen LogP contribution is -2.49. The minimum atomic E-state index is -0.0437. The van der Waals surface area contributed by atoms with Gasteiger partial charge in [0.1, 0.15) is 0 Å². The molecule has 4 nitrogen and oxygen atoms in total. The van der Waals surface area contributed by atoms with Crippen LogP contribution >= 0.6 is 0 Å². The van der Waals surface area contributed by atoms with Crippen LogP contribution in [0.1, 0.15) is 18.4 Å². The minimum absolute atomic E-state index is 0.0437. The second-order valence-corrected chi connectivity index (χ2v) is 4.51. The second kappa shape index (κ2) is 5.19. The quantitative estimate of drug-likeness (QED) is 0.808. The summed E-state index contributed by atoms with van der Waals surface area (Å²) in [5, 5.41) is 6.68. The molecule has 4 heteroatoms. The van der Waals surface area contributed by atoms with E-state index in [0.29, 0.717) is 0 Å². The lowest BCUT2D eigenvalue weighted by atomic mass is 10.2. The summed E-state index contributed by atoms with van der Waals surface area (Å²) >= 11 is 0. The van der Waals surface area contributed by atoms with Crippen molar-refractivity contribution in [2.24, 2.45) is 0 Å². The standard InChI is InChI=1S/C13H19N3O/c1-11-6-5-7-12(10-11)14-13(17)16-9-4-3-8-15(16)2/h5-7,10H,3-4,8-9H2,1-2H3,(H,14,17). The highest BCUT2D eigenvalue weighted by Crippen LogP contribution is 2.13. The number of carbonyl (C=O) groups is 1. The van der Waals surface area contributed by atoms with Crippen LogP contribution in [0.2, 0.25) is 0 Å². The molecule has 1 fully saturated rings. The first kappa shape index (κ1) is 11.9. The molecule has 0 bridgehead atoms. The van der Waals surface area contributed by atoms with Crippen molar-refractivity contribution in [3.63, 3.8) is 0 Å². The first-order valence-electron chi connectivity index (χ1n) is 6.03. The molecule has 1 saturated heterocycles. The van der Waals surface area contributed by atoms with Gasteiger partial charge < -0.3 is 5.32 Å². The molecule has 2 rings (SSSR count). The van der Waals surface area contributed by atoms with Gasteiger partial charge in [-0.2, -0.15) is 0 Å². The predicted molar refractivity (Wildman–Crippen MR) is 68.8 cm³/mol. The topological polar surface area (TPSA) is 35.6 Å². The van der Waals surface area contributed by atoms with E-state index in [0.717, 1.165) is 37.2 Å². The van der Waals surface area contributed by atoms with Crippen molar-refractivity contribution in [3.8, 4) is 0 Å². The van der Waals surface area contributed by atoms with Crippen LogP contribution in [-0.4, -0.2) is 36.2 Å². The number of amides is 2. The zero-order chi connectivity index (χ0) is 12.3. The summed E-state index contributed by atoms with van der Waals surface area (Å²) in [7, 11) is 1.95. The number of nitrogens with one attached hydrogen (secondary N) is 1. The van der Waals surface area contributed by atoms with Gasteiger partial charge in [0.05, 0.1) is 0 Å². The summed E-state index contributed by atoms with van der Waals surface area (Å²) < 4.78 is 0. The Kier molecular flexibility index (Phi) is 3.64.